The van der Waals surface area contributed by atoms with Gasteiger partial charge in [0.05, 0.1) is 30.3 Å². The van der Waals surface area contributed by atoms with Crippen molar-refractivity contribution in [3.05, 3.63) is 46.2 Å². The number of hydrogen-bond acceptors (Lipinski definition) is 6. The molecule has 1 N–H and O–H groups in total. The summed E-state index contributed by atoms with van der Waals surface area (Å²) >= 11 is 5.94. The fourth-order valence-electron chi connectivity index (χ4n) is 2.72. The molecule has 0 aliphatic carbocycles. The van der Waals surface area contributed by atoms with E-state index >= 15 is 0 Å². The minimum Gasteiger partial charge on any atom is -0.378 e. The number of anilines is 1. The second-order valence-electron chi connectivity index (χ2n) is 6.13. The van der Waals surface area contributed by atoms with Crippen molar-refractivity contribution in [2.45, 2.75) is 25.3 Å². The van der Waals surface area contributed by atoms with E-state index in [0.29, 0.717) is 35.4 Å². The predicted molar refractivity (Wildman–Crippen MR) is 100 cm³/mol. The summed E-state index contributed by atoms with van der Waals surface area (Å²) in [4.78, 5) is 11.2. The topological polar surface area (TPSA) is 84.4 Å². The molecule has 140 valence electrons. The normalized spacial score (nSPS) is 15.3. The number of morpholine rings is 1. The summed E-state index contributed by atoms with van der Waals surface area (Å²) in [5.74, 6) is 0.599. The molecule has 9 heteroatoms. The van der Waals surface area contributed by atoms with Crippen molar-refractivity contribution in [3.8, 4) is 0 Å². The van der Waals surface area contributed by atoms with Crippen LogP contribution in [0.4, 0.5) is 5.95 Å². The van der Waals surface area contributed by atoms with Crippen molar-refractivity contribution in [1.82, 2.24) is 14.7 Å². The van der Waals surface area contributed by atoms with Gasteiger partial charge in [0, 0.05) is 23.8 Å². The van der Waals surface area contributed by atoms with Gasteiger partial charge in [-0.15, -0.1) is 0 Å². The van der Waals surface area contributed by atoms with Crippen LogP contribution in [0.2, 0.25) is 5.02 Å². The largest absolute Gasteiger partial charge is 0.378 e. The van der Waals surface area contributed by atoms with E-state index in [0.717, 1.165) is 18.8 Å². The first-order valence-electron chi connectivity index (χ1n) is 8.28. The molecule has 1 aliphatic rings. The molecular formula is C17H21ClN4O3S. The highest BCUT2D eigenvalue weighted by molar-refractivity contribution is 7.89. The summed E-state index contributed by atoms with van der Waals surface area (Å²) < 4.78 is 33.2. The van der Waals surface area contributed by atoms with Crippen molar-refractivity contribution in [2.24, 2.45) is 0 Å². The monoisotopic (exact) mass is 396 g/mol. The number of halogens is 1. The van der Waals surface area contributed by atoms with E-state index in [2.05, 4.69) is 14.7 Å². The van der Waals surface area contributed by atoms with Gasteiger partial charge < -0.3 is 9.64 Å². The number of hydrogen-bond donors (Lipinski definition) is 1. The Hall–Kier alpha value is -1.74. The van der Waals surface area contributed by atoms with Gasteiger partial charge in [0.2, 0.25) is 16.0 Å². The van der Waals surface area contributed by atoms with Crippen molar-refractivity contribution >= 4 is 27.6 Å². The number of ether oxygens (including phenoxy) is 1. The quantitative estimate of drug-likeness (QED) is 0.832. The number of nitrogens with one attached hydrogen (secondary N) is 1. The van der Waals surface area contributed by atoms with Crippen LogP contribution in [0.5, 0.6) is 0 Å². The van der Waals surface area contributed by atoms with Crippen molar-refractivity contribution < 1.29 is 13.2 Å². The first kappa shape index (κ1) is 19.0. The highest BCUT2D eigenvalue weighted by Crippen LogP contribution is 2.20. The van der Waals surface area contributed by atoms with Gasteiger partial charge in [0.1, 0.15) is 0 Å². The van der Waals surface area contributed by atoms with Crippen LogP contribution in [0.1, 0.15) is 17.0 Å². The van der Waals surface area contributed by atoms with Crippen LogP contribution in [0.3, 0.4) is 0 Å². The molecule has 0 saturated carbocycles. The fraction of sp³-hybridized carbons (Fsp3) is 0.412. The molecule has 3 rings (SSSR count). The molecular weight excluding hydrogens is 376 g/mol. The minimum absolute atomic E-state index is 0.0784. The Morgan fingerprint density at radius 3 is 2.65 bits per heavy atom. The van der Waals surface area contributed by atoms with Gasteiger partial charge >= 0.3 is 0 Å². The standard InChI is InChI=1S/C17H21ClN4O3S/c1-12-3-4-14(18)10-16(12)26(23,24)19-11-15-9-13(2)20-17(21-15)22-5-7-25-8-6-22/h3-4,9-10,19H,5-8,11H2,1-2H3. The Bertz CT molecular complexity index is 899. The Labute approximate surface area is 158 Å². The van der Waals surface area contributed by atoms with Crippen LogP contribution in [0.25, 0.3) is 0 Å². The van der Waals surface area contributed by atoms with Gasteiger partial charge in [0.25, 0.3) is 0 Å². The maximum Gasteiger partial charge on any atom is 0.241 e. The van der Waals surface area contributed by atoms with Gasteiger partial charge in [0.15, 0.2) is 0 Å². The first-order valence-corrected chi connectivity index (χ1v) is 10.1. The predicted octanol–water partition coefficient (Wildman–Crippen LogP) is 2.06. The molecule has 2 aromatic rings. The molecule has 1 aliphatic heterocycles. The van der Waals surface area contributed by atoms with Gasteiger partial charge in [-0.3, -0.25) is 0 Å². The van der Waals surface area contributed by atoms with E-state index in [9.17, 15) is 8.42 Å². The molecule has 1 saturated heterocycles. The first-order chi connectivity index (χ1) is 12.3. The number of rotatable bonds is 5. The number of benzene rings is 1. The average molecular weight is 397 g/mol. The third-order valence-corrected chi connectivity index (χ3v) is 5.85. The second-order valence-corrected chi connectivity index (χ2v) is 8.31. The Morgan fingerprint density at radius 2 is 1.92 bits per heavy atom. The maximum atomic E-state index is 12.6. The molecule has 0 spiro atoms. The van der Waals surface area contributed by atoms with Crippen LogP contribution in [0, 0.1) is 13.8 Å². The van der Waals surface area contributed by atoms with Crippen LogP contribution in [0.15, 0.2) is 29.2 Å². The molecule has 1 aromatic carbocycles. The zero-order chi connectivity index (χ0) is 18.7. The molecule has 0 bridgehead atoms. The van der Waals surface area contributed by atoms with Gasteiger partial charge in [-0.25, -0.2) is 23.1 Å². The second kappa shape index (κ2) is 7.87. The SMILES string of the molecule is Cc1cc(CNS(=O)(=O)c2cc(Cl)ccc2C)nc(N2CCOCC2)n1. The highest BCUT2D eigenvalue weighted by Gasteiger charge is 2.19. The van der Waals surface area contributed by atoms with Crippen LogP contribution in [-0.4, -0.2) is 44.7 Å². The third kappa shape index (κ3) is 4.50. The number of aryl methyl sites for hydroxylation is 2. The van der Waals surface area contributed by atoms with E-state index < -0.39 is 10.0 Å². The lowest BCUT2D eigenvalue weighted by Crippen LogP contribution is -2.37. The van der Waals surface area contributed by atoms with E-state index in [1.54, 1.807) is 25.1 Å². The number of sulfonamides is 1. The zero-order valence-corrected chi connectivity index (χ0v) is 16.3. The van der Waals surface area contributed by atoms with Crippen LogP contribution < -0.4 is 9.62 Å². The Morgan fingerprint density at radius 1 is 1.19 bits per heavy atom. The Balaban J connectivity index is 1.78. The molecule has 0 radical (unpaired) electrons. The molecule has 2 heterocycles. The Kier molecular flexibility index (Phi) is 5.76. The lowest BCUT2D eigenvalue weighted by Gasteiger charge is -2.27. The lowest BCUT2D eigenvalue weighted by molar-refractivity contribution is 0.122. The number of aromatic nitrogens is 2. The molecule has 1 fully saturated rings. The fourth-order valence-corrected chi connectivity index (χ4v) is 4.23. The van der Waals surface area contributed by atoms with E-state index in [1.807, 2.05) is 11.8 Å². The summed E-state index contributed by atoms with van der Waals surface area (Å²) in [5, 5.41) is 0.378. The smallest absolute Gasteiger partial charge is 0.241 e. The van der Waals surface area contributed by atoms with Crippen molar-refractivity contribution in [2.75, 3.05) is 31.2 Å². The molecule has 26 heavy (non-hydrogen) atoms. The average Bonchev–Trinajstić information content (AvgIpc) is 2.62. The molecule has 0 amide bonds. The van der Waals surface area contributed by atoms with Crippen LogP contribution in [-0.2, 0) is 21.3 Å². The van der Waals surface area contributed by atoms with Crippen molar-refractivity contribution in [3.63, 3.8) is 0 Å². The van der Waals surface area contributed by atoms with Crippen molar-refractivity contribution in [1.29, 1.82) is 0 Å². The minimum atomic E-state index is -3.69. The summed E-state index contributed by atoms with van der Waals surface area (Å²) in [6.45, 7) is 6.38. The molecule has 0 unspecified atom stereocenters. The summed E-state index contributed by atoms with van der Waals surface area (Å²) in [6.07, 6.45) is 0. The van der Waals surface area contributed by atoms with E-state index in [-0.39, 0.29) is 11.4 Å². The molecule has 7 nitrogen and oxygen atoms in total. The van der Waals surface area contributed by atoms with Gasteiger partial charge in [-0.05, 0) is 37.6 Å². The zero-order valence-electron chi connectivity index (χ0n) is 14.7. The van der Waals surface area contributed by atoms with Gasteiger partial charge in [-0.2, -0.15) is 0 Å². The third-order valence-electron chi connectivity index (χ3n) is 4.07. The summed E-state index contributed by atoms with van der Waals surface area (Å²) in [6, 6.07) is 6.57. The highest BCUT2D eigenvalue weighted by atomic mass is 35.5. The van der Waals surface area contributed by atoms with E-state index in [1.165, 1.54) is 6.07 Å². The van der Waals surface area contributed by atoms with E-state index in [4.69, 9.17) is 16.3 Å². The summed E-state index contributed by atoms with van der Waals surface area (Å²) in [5.41, 5.74) is 2.03. The van der Waals surface area contributed by atoms with Crippen LogP contribution >= 0.6 is 11.6 Å². The van der Waals surface area contributed by atoms with Gasteiger partial charge in [-0.1, -0.05) is 17.7 Å². The molecule has 1 aromatic heterocycles. The number of nitrogens with zero attached hydrogens (tertiary/aromatic N) is 3. The summed E-state index contributed by atoms with van der Waals surface area (Å²) in [7, 11) is -3.69. The molecule has 0 atom stereocenters. The maximum absolute atomic E-state index is 12.6. The lowest BCUT2D eigenvalue weighted by atomic mass is 10.2.